The number of hydrogen-bond acceptors (Lipinski definition) is 4. The molecule has 1 aliphatic carbocycles. The van der Waals surface area contributed by atoms with Gasteiger partial charge in [0.25, 0.3) is 0 Å². The van der Waals surface area contributed by atoms with Crippen LogP contribution in [-0.2, 0) is 16.1 Å². The third-order valence-electron chi connectivity index (χ3n) is 4.49. The second-order valence-corrected chi connectivity index (χ2v) is 7.15. The minimum atomic E-state index is -0.659. The summed E-state index contributed by atoms with van der Waals surface area (Å²) >= 11 is 1.58. The molecule has 1 spiro atoms. The number of nitrogens with zero attached hydrogens (tertiary/aromatic N) is 2. The van der Waals surface area contributed by atoms with Crippen molar-refractivity contribution in [2.75, 3.05) is 0 Å². The van der Waals surface area contributed by atoms with E-state index in [1.165, 1.54) is 0 Å². The summed E-state index contributed by atoms with van der Waals surface area (Å²) in [5, 5.41) is 5.95. The van der Waals surface area contributed by atoms with Gasteiger partial charge in [0.2, 0.25) is 11.8 Å². The highest BCUT2D eigenvalue weighted by Gasteiger charge is 2.48. The Kier molecular flexibility index (Phi) is 3.73. The van der Waals surface area contributed by atoms with Crippen LogP contribution in [0.5, 0.6) is 0 Å². The molecule has 5 nitrogen and oxygen atoms in total. The van der Waals surface area contributed by atoms with Crippen LogP contribution in [0, 0.1) is 6.92 Å². The van der Waals surface area contributed by atoms with Crippen LogP contribution in [0.25, 0.3) is 0 Å². The number of aryl methyl sites for hydroxylation is 1. The normalized spacial score (nSPS) is 25.2. The molecule has 114 valence electrons. The lowest BCUT2D eigenvalue weighted by Gasteiger charge is -2.33. The molecule has 2 amide bonds. The summed E-state index contributed by atoms with van der Waals surface area (Å²) in [6.07, 6.45) is 3.91. The van der Waals surface area contributed by atoms with Crippen molar-refractivity contribution in [3.63, 3.8) is 0 Å². The van der Waals surface area contributed by atoms with E-state index in [-0.39, 0.29) is 17.9 Å². The second kappa shape index (κ2) is 5.40. The molecule has 2 fully saturated rings. The first-order chi connectivity index (χ1) is 10.00. The van der Waals surface area contributed by atoms with Gasteiger partial charge >= 0.3 is 0 Å². The molecule has 2 heterocycles. The van der Waals surface area contributed by atoms with Gasteiger partial charge in [0.15, 0.2) is 0 Å². The Bertz CT molecular complexity index is 563. The average Bonchev–Trinajstić information content (AvgIpc) is 3.03. The maximum absolute atomic E-state index is 13.0. The minimum Gasteiger partial charge on any atom is -0.342 e. The van der Waals surface area contributed by atoms with Gasteiger partial charge in [-0.25, -0.2) is 4.98 Å². The second-order valence-electron chi connectivity index (χ2n) is 6.21. The topological polar surface area (TPSA) is 62.3 Å². The van der Waals surface area contributed by atoms with Gasteiger partial charge in [0.1, 0.15) is 10.5 Å². The number of carbonyl (C=O) groups excluding carboxylic acids is 2. The Hall–Kier alpha value is -1.43. The van der Waals surface area contributed by atoms with Gasteiger partial charge in [-0.15, -0.1) is 11.3 Å². The molecule has 1 N–H and O–H groups in total. The predicted octanol–water partition coefficient (Wildman–Crippen LogP) is 2.00. The van der Waals surface area contributed by atoms with E-state index < -0.39 is 5.54 Å². The summed E-state index contributed by atoms with van der Waals surface area (Å²) in [7, 11) is 0. The van der Waals surface area contributed by atoms with Crippen LogP contribution >= 0.6 is 11.3 Å². The van der Waals surface area contributed by atoms with Gasteiger partial charge in [-0.05, 0) is 26.7 Å². The van der Waals surface area contributed by atoms with Crippen LogP contribution in [0.15, 0.2) is 5.38 Å². The zero-order valence-electron chi connectivity index (χ0n) is 12.5. The lowest BCUT2D eigenvalue weighted by molar-refractivity contribution is -0.140. The van der Waals surface area contributed by atoms with E-state index in [2.05, 4.69) is 10.3 Å². The first kappa shape index (κ1) is 14.5. The maximum atomic E-state index is 13.0. The maximum Gasteiger partial charge on any atom is 0.248 e. The molecule has 1 aromatic heterocycles. The molecule has 1 unspecified atom stereocenters. The summed E-state index contributed by atoms with van der Waals surface area (Å²) < 4.78 is 0. The Labute approximate surface area is 128 Å². The molecule has 1 aromatic rings. The molecule has 0 bridgehead atoms. The fourth-order valence-electron chi connectivity index (χ4n) is 3.39. The first-order valence-electron chi connectivity index (χ1n) is 7.53. The van der Waals surface area contributed by atoms with Crippen molar-refractivity contribution in [3.8, 4) is 0 Å². The molecule has 0 aromatic carbocycles. The molecule has 1 saturated heterocycles. The van der Waals surface area contributed by atoms with Crippen molar-refractivity contribution in [3.05, 3.63) is 16.1 Å². The minimum absolute atomic E-state index is 0.00410. The van der Waals surface area contributed by atoms with E-state index in [1.54, 1.807) is 11.3 Å². The van der Waals surface area contributed by atoms with E-state index in [1.807, 2.05) is 24.1 Å². The molecule has 1 aliphatic heterocycles. The molecule has 0 radical (unpaired) electrons. The molecular formula is C15H21N3O2S. The summed E-state index contributed by atoms with van der Waals surface area (Å²) in [4.78, 5) is 31.4. The van der Waals surface area contributed by atoms with Gasteiger partial charge < -0.3 is 10.2 Å². The van der Waals surface area contributed by atoms with E-state index in [9.17, 15) is 9.59 Å². The largest absolute Gasteiger partial charge is 0.342 e. The Morgan fingerprint density at radius 3 is 2.76 bits per heavy atom. The number of nitrogens with one attached hydrogen (secondary N) is 1. The van der Waals surface area contributed by atoms with Crippen molar-refractivity contribution in [2.45, 2.75) is 64.1 Å². The van der Waals surface area contributed by atoms with Crippen molar-refractivity contribution in [1.29, 1.82) is 0 Å². The standard InChI is InChI=1S/C15H21N3O2S/c1-10-9-21-13(16-10)8-18-11(2)7-12(19)17-15(14(18)20)5-3-4-6-15/h9,11H,3-8H2,1-2H3,(H,17,19). The van der Waals surface area contributed by atoms with E-state index in [0.717, 1.165) is 36.4 Å². The fourth-order valence-corrected chi connectivity index (χ4v) is 4.16. The quantitative estimate of drug-likeness (QED) is 0.909. The van der Waals surface area contributed by atoms with Crippen LogP contribution in [0.1, 0.15) is 49.7 Å². The van der Waals surface area contributed by atoms with E-state index in [4.69, 9.17) is 0 Å². The number of thiazole rings is 1. The number of carbonyl (C=O) groups is 2. The highest BCUT2D eigenvalue weighted by molar-refractivity contribution is 7.09. The number of rotatable bonds is 2. The third kappa shape index (κ3) is 2.69. The van der Waals surface area contributed by atoms with Gasteiger partial charge in [-0.1, -0.05) is 12.8 Å². The summed E-state index contributed by atoms with van der Waals surface area (Å²) in [5.41, 5.74) is 0.323. The van der Waals surface area contributed by atoms with Crippen LogP contribution in [0.4, 0.5) is 0 Å². The lowest BCUT2D eigenvalue weighted by Crippen LogP contribution is -2.55. The van der Waals surface area contributed by atoms with Gasteiger partial charge in [0, 0.05) is 23.5 Å². The van der Waals surface area contributed by atoms with Crippen molar-refractivity contribution in [1.82, 2.24) is 15.2 Å². The van der Waals surface area contributed by atoms with Crippen LogP contribution in [-0.4, -0.2) is 33.3 Å². The third-order valence-corrected chi connectivity index (χ3v) is 5.44. The lowest BCUT2D eigenvalue weighted by atomic mass is 9.95. The van der Waals surface area contributed by atoms with Crippen molar-refractivity contribution in [2.24, 2.45) is 0 Å². The molecule has 6 heteroatoms. The Morgan fingerprint density at radius 1 is 1.43 bits per heavy atom. The number of aromatic nitrogens is 1. The monoisotopic (exact) mass is 307 g/mol. The van der Waals surface area contributed by atoms with Crippen molar-refractivity contribution >= 4 is 23.2 Å². The highest BCUT2D eigenvalue weighted by Crippen LogP contribution is 2.34. The fraction of sp³-hybridized carbons (Fsp3) is 0.667. The van der Waals surface area contributed by atoms with Gasteiger partial charge in [0.05, 0.1) is 6.54 Å². The Balaban J connectivity index is 1.88. The highest BCUT2D eigenvalue weighted by atomic mass is 32.1. The summed E-state index contributed by atoms with van der Waals surface area (Å²) in [5.74, 6) is 0.0711. The number of amides is 2. The summed E-state index contributed by atoms with van der Waals surface area (Å²) in [6, 6.07) is -0.0818. The number of hydrogen-bond donors (Lipinski definition) is 1. The van der Waals surface area contributed by atoms with Crippen molar-refractivity contribution < 1.29 is 9.59 Å². The Morgan fingerprint density at radius 2 is 2.14 bits per heavy atom. The smallest absolute Gasteiger partial charge is 0.248 e. The van der Waals surface area contributed by atoms with Gasteiger partial charge in [-0.2, -0.15) is 0 Å². The molecule has 3 rings (SSSR count). The molecule has 1 atom stereocenters. The molecular weight excluding hydrogens is 286 g/mol. The van der Waals surface area contributed by atoms with Crippen LogP contribution in [0.2, 0.25) is 0 Å². The van der Waals surface area contributed by atoms with Gasteiger partial charge in [-0.3, -0.25) is 9.59 Å². The van der Waals surface area contributed by atoms with E-state index in [0.29, 0.717) is 13.0 Å². The zero-order chi connectivity index (χ0) is 15.0. The molecule has 2 aliphatic rings. The first-order valence-corrected chi connectivity index (χ1v) is 8.41. The van der Waals surface area contributed by atoms with Crippen LogP contribution in [0.3, 0.4) is 0 Å². The average molecular weight is 307 g/mol. The van der Waals surface area contributed by atoms with E-state index >= 15 is 0 Å². The zero-order valence-corrected chi connectivity index (χ0v) is 13.3. The molecule has 1 saturated carbocycles. The molecule has 21 heavy (non-hydrogen) atoms. The summed E-state index contributed by atoms with van der Waals surface area (Å²) in [6.45, 7) is 4.42. The SMILES string of the molecule is Cc1csc(CN2C(=O)C3(CCCC3)NC(=O)CC2C)n1. The predicted molar refractivity (Wildman–Crippen MR) is 80.8 cm³/mol. The van der Waals surface area contributed by atoms with Crippen LogP contribution < -0.4 is 5.32 Å².